The van der Waals surface area contributed by atoms with Crippen molar-refractivity contribution in [3.05, 3.63) is 28.3 Å². The van der Waals surface area contributed by atoms with Crippen LogP contribution in [0.3, 0.4) is 0 Å². The molecule has 1 aromatic heterocycles. The summed E-state index contributed by atoms with van der Waals surface area (Å²) in [4.78, 5) is 26.6. The van der Waals surface area contributed by atoms with Gasteiger partial charge >= 0.3 is 0 Å². The van der Waals surface area contributed by atoms with Crippen molar-refractivity contribution < 1.29 is 14.1 Å². The summed E-state index contributed by atoms with van der Waals surface area (Å²) in [6.07, 6.45) is 4.58. The average Bonchev–Trinajstić information content (AvgIpc) is 2.97. The van der Waals surface area contributed by atoms with Crippen LogP contribution in [0.15, 0.2) is 27.8 Å². The zero-order chi connectivity index (χ0) is 17.1. The largest absolute Gasteiger partial charge is 0.431 e. The van der Waals surface area contributed by atoms with E-state index in [0.717, 1.165) is 19.3 Å². The summed E-state index contributed by atoms with van der Waals surface area (Å²) in [6, 6.07) is 4.51. The molecule has 3 rings (SSSR count). The first-order valence-electron chi connectivity index (χ1n) is 8.00. The third kappa shape index (κ3) is 3.87. The minimum Gasteiger partial charge on any atom is -0.431 e. The maximum absolute atomic E-state index is 12.1. The van der Waals surface area contributed by atoms with E-state index >= 15 is 0 Å². The number of carbonyl (C=O) groups excluding carboxylic acids is 1. The molecular formula is C16H19N3O4S. The van der Waals surface area contributed by atoms with Crippen molar-refractivity contribution in [1.82, 2.24) is 10.3 Å². The second-order valence-electron chi connectivity index (χ2n) is 6.11. The molecule has 0 radical (unpaired) electrons. The highest BCUT2D eigenvalue weighted by Crippen LogP contribution is 2.27. The highest BCUT2D eigenvalue weighted by atomic mass is 32.2. The molecule has 8 heteroatoms. The zero-order valence-corrected chi connectivity index (χ0v) is 14.2. The predicted octanol–water partition coefficient (Wildman–Crippen LogP) is 3.52. The topological polar surface area (TPSA) is 98.3 Å². The van der Waals surface area contributed by atoms with Crippen LogP contribution in [0, 0.1) is 16.0 Å². The Balaban J connectivity index is 1.58. The van der Waals surface area contributed by atoms with Gasteiger partial charge in [0.2, 0.25) is 5.91 Å². The van der Waals surface area contributed by atoms with Crippen LogP contribution in [-0.4, -0.2) is 27.6 Å². The molecule has 1 N–H and O–H groups in total. The molecule has 1 saturated carbocycles. The summed E-state index contributed by atoms with van der Waals surface area (Å²) in [5.41, 5.74) is 0.869. The van der Waals surface area contributed by atoms with E-state index in [1.165, 1.54) is 36.4 Å². The van der Waals surface area contributed by atoms with E-state index in [2.05, 4.69) is 17.2 Å². The van der Waals surface area contributed by atoms with Crippen LogP contribution < -0.4 is 5.32 Å². The van der Waals surface area contributed by atoms with Gasteiger partial charge in [-0.05, 0) is 24.8 Å². The van der Waals surface area contributed by atoms with Crippen LogP contribution in [-0.2, 0) is 4.79 Å². The zero-order valence-electron chi connectivity index (χ0n) is 13.4. The fourth-order valence-electron chi connectivity index (χ4n) is 2.98. The highest BCUT2D eigenvalue weighted by molar-refractivity contribution is 7.99. The third-order valence-electron chi connectivity index (χ3n) is 4.35. The van der Waals surface area contributed by atoms with Gasteiger partial charge in [-0.25, -0.2) is 4.98 Å². The van der Waals surface area contributed by atoms with E-state index in [0.29, 0.717) is 22.2 Å². The Morgan fingerprint density at radius 1 is 1.46 bits per heavy atom. The third-order valence-corrected chi connectivity index (χ3v) is 5.18. The van der Waals surface area contributed by atoms with E-state index in [1.54, 1.807) is 0 Å². The molecule has 0 aliphatic heterocycles. The molecule has 1 amide bonds. The molecule has 1 aliphatic rings. The lowest BCUT2D eigenvalue weighted by Gasteiger charge is -2.29. The fourth-order valence-corrected chi connectivity index (χ4v) is 3.63. The van der Waals surface area contributed by atoms with Gasteiger partial charge in [0.05, 0.1) is 10.7 Å². The number of nitrogens with zero attached hydrogens (tertiary/aromatic N) is 2. The Labute approximate surface area is 143 Å². The Kier molecular flexibility index (Phi) is 5.03. The first-order valence-corrected chi connectivity index (χ1v) is 8.98. The van der Waals surface area contributed by atoms with Gasteiger partial charge < -0.3 is 9.73 Å². The predicted molar refractivity (Wildman–Crippen MR) is 91.0 cm³/mol. The van der Waals surface area contributed by atoms with Gasteiger partial charge in [0, 0.05) is 18.2 Å². The molecule has 7 nitrogen and oxygen atoms in total. The second kappa shape index (κ2) is 7.21. The number of nitro benzene ring substituents is 1. The van der Waals surface area contributed by atoms with Crippen LogP contribution in [0.2, 0.25) is 0 Å². The Bertz CT molecular complexity index is 761. The van der Waals surface area contributed by atoms with Gasteiger partial charge in [-0.15, -0.1) is 0 Å². The van der Waals surface area contributed by atoms with Gasteiger partial charge in [-0.3, -0.25) is 14.9 Å². The number of non-ortho nitro benzene ring substituents is 1. The lowest BCUT2D eigenvalue weighted by atomic mass is 9.86. The highest BCUT2D eigenvalue weighted by Gasteiger charge is 2.23. The summed E-state index contributed by atoms with van der Waals surface area (Å²) in [5.74, 6) is 0.697. The standard InChI is InChI=1S/C16H19N3O4S/c1-10-4-2-3-5-12(10)17-15(20)9-24-16-18-13-8-11(19(21)22)6-7-14(13)23-16/h6-8,10,12H,2-5,9H2,1H3,(H,17,20)/t10-,12-/m0/s1. The first kappa shape index (κ1) is 16.8. The minimum absolute atomic E-state index is 0.0311. The summed E-state index contributed by atoms with van der Waals surface area (Å²) in [7, 11) is 0. The van der Waals surface area contributed by atoms with E-state index < -0.39 is 4.92 Å². The molecule has 1 aromatic carbocycles. The number of thioether (sulfide) groups is 1. The van der Waals surface area contributed by atoms with Crippen LogP contribution in [0.1, 0.15) is 32.6 Å². The van der Waals surface area contributed by atoms with Crippen molar-refractivity contribution in [1.29, 1.82) is 0 Å². The van der Waals surface area contributed by atoms with Crippen molar-refractivity contribution in [2.75, 3.05) is 5.75 Å². The van der Waals surface area contributed by atoms with Crippen LogP contribution >= 0.6 is 11.8 Å². The number of nitro groups is 1. The monoisotopic (exact) mass is 349 g/mol. The summed E-state index contributed by atoms with van der Waals surface area (Å²) >= 11 is 1.20. The van der Waals surface area contributed by atoms with Crippen molar-refractivity contribution in [3.8, 4) is 0 Å². The smallest absolute Gasteiger partial charge is 0.271 e. The molecule has 24 heavy (non-hydrogen) atoms. The first-order chi connectivity index (χ1) is 11.5. The summed E-state index contributed by atoms with van der Waals surface area (Å²) in [6.45, 7) is 2.17. The quantitative estimate of drug-likeness (QED) is 0.504. The number of hydrogen-bond donors (Lipinski definition) is 1. The Morgan fingerprint density at radius 3 is 3.00 bits per heavy atom. The molecule has 2 aromatic rings. The molecule has 0 saturated heterocycles. The lowest BCUT2D eigenvalue weighted by Crippen LogP contribution is -2.41. The molecule has 0 spiro atoms. The Morgan fingerprint density at radius 2 is 2.25 bits per heavy atom. The number of nitrogens with one attached hydrogen (secondary N) is 1. The van der Waals surface area contributed by atoms with Gasteiger partial charge in [-0.1, -0.05) is 31.5 Å². The molecule has 0 bridgehead atoms. The second-order valence-corrected chi connectivity index (χ2v) is 7.04. The van der Waals surface area contributed by atoms with Crippen molar-refractivity contribution in [3.63, 3.8) is 0 Å². The van der Waals surface area contributed by atoms with Crippen LogP contribution in [0.25, 0.3) is 11.1 Å². The number of amides is 1. The van der Waals surface area contributed by atoms with E-state index in [1.807, 2.05) is 0 Å². The minimum atomic E-state index is -0.472. The van der Waals surface area contributed by atoms with Crippen molar-refractivity contribution >= 4 is 34.5 Å². The van der Waals surface area contributed by atoms with Gasteiger partial charge in [0.15, 0.2) is 5.58 Å². The normalized spacial score (nSPS) is 20.9. The van der Waals surface area contributed by atoms with Crippen LogP contribution in [0.5, 0.6) is 0 Å². The van der Waals surface area contributed by atoms with Crippen LogP contribution in [0.4, 0.5) is 5.69 Å². The number of oxazole rings is 1. The van der Waals surface area contributed by atoms with Gasteiger partial charge in [0.25, 0.3) is 10.9 Å². The molecule has 2 atom stereocenters. The fraction of sp³-hybridized carbons (Fsp3) is 0.500. The summed E-state index contributed by atoms with van der Waals surface area (Å²) < 4.78 is 5.51. The van der Waals surface area contributed by atoms with Crippen molar-refractivity contribution in [2.45, 2.75) is 43.9 Å². The Hall–Kier alpha value is -2.09. The number of carbonyl (C=O) groups is 1. The van der Waals surface area contributed by atoms with E-state index in [-0.39, 0.29) is 23.4 Å². The maximum atomic E-state index is 12.1. The number of benzene rings is 1. The average molecular weight is 349 g/mol. The molecular weight excluding hydrogens is 330 g/mol. The van der Waals surface area contributed by atoms with Gasteiger partial charge in [-0.2, -0.15) is 0 Å². The summed E-state index contributed by atoms with van der Waals surface area (Å²) in [5, 5.41) is 14.2. The number of hydrogen-bond acceptors (Lipinski definition) is 6. The molecule has 128 valence electrons. The van der Waals surface area contributed by atoms with Crippen molar-refractivity contribution in [2.24, 2.45) is 5.92 Å². The van der Waals surface area contributed by atoms with E-state index in [4.69, 9.17) is 4.42 Å². The molecule has 0 unspecified atom stereocenters. The molecule has 1 aliphatic carbocycles. The molecule has 1 fully saturated rings. The number of rotatable bonds is 5. The SMILES string of the molecule is C[C@H]1CCCC[C@@H]1NC(=O)CSc1nc2cc([N+](=O)[O-])ccc2o1. The van der Waals surface area contributed by atoms with Gasteiger partial charge in [0.1, 0.15) is 5.52 Å². The number of fused-ring (bicyclic) bond motifs is 1. The molecule has 1 heterocycles. The lowest BCUT2D eigenvalue weighted by molar-refractivity contribution is -0.384. The maximum Gasteiger partial charge on any atom is 0.271 e. The van der Waals surface area contributed by atoms with E-state index in [9.17, 15) is 14.9 Å². The number of aromatic nitrogens is 1.